The summed E-state index contributed by atoms with van der Waals surface area (Å²) in [6, 6.07) is 15.6. The minimum atomic E-state index is -0.0415. The van der Waals surface area contributed by atoms with Gasteiger partial charge in [0.05, 0.1) is 0 Å². The minimum Gasteiger partial charge on any atom is -0.356 e. The van der Waals surface area contributed by atoms with Crippen LogP contribution >= 0.6 is 35.6 Å². The van der Waals surface area contributed by atoms with Crippen molar-refractivity contribution in [2.24, 2.45) is 4.99 Å². The van der Waals surface area contributed by atoms with Gasteiger partial charge in [0.15, 0.2) is 5.96 Å². The van der Waals surface area contributed by atoms with E-state index in [-0.39, 0.29) is 35.9 Å². The van der Waals surface area contributed by atoms with E-state index in [0.717, 1.165) is 35.9 Å². The smallest absolute Gasteiger partial charge is 0.251 e. The van der Waals surface area contributed by atoms with E-state index in [2.05, 4.69) is 33.9 Å². The molecule has 0 spiro atoms. The van der Waals surface area contributed by atoms with E-state index in [4.69, 9.17) is 11.6 Å². The quantitative estimate of drug-likeness (QED) is 0.270. The van der Waals surface area contributed by atoms with Crippen molar-refractivity contribution in [2.45, 2.75) is 39.3 Å². The van der Waals surface area contributed by atoms with Crippen LogP contribution in [0.5, 0.6) is 0 Å². The molecule has 0 heterocycles. The Balaban J connectivity index is 0.00000420. The Morgan fingerprint density at radius 1 is 1.10 bits per heavy atom. The molecule has 0 saturated heterocycles. The average Bonchev–Trinajstić information content (AvgIpc) is 2.70. The Morgan fingerprint density at radius 2 is 1.83 bits per heavy atom. The Morgan fingerprint density at radius 3 is 2.52 bits per heavy atom. The van der Waals surface area contributed by atoms with Crippen molar-refractivity contribution in [2.75, 3.05) is 13.6 Å². The molecule has 3 N–H and O–H groups in total. The number of guanidine groups is 1. The third-order valence-electron chi connectivity index (χ3n) is 4.46. The summed E-state index contributed by atoms with van der Waals surface area (Å²) in [4.78, 5) is 16.5. The number of benzene rings is 2. The lowest BCUT2D eigenvalue weighted by atomic mass is 10.1. The predicted molar refractivity (Wildman–Crippen MR) is 132 cm³/mol. The summed E-state index contributed by atoms with van der Waals surface area (Å²) in [5.74, 6) is 0.678. The molecule has 2 rings (SSSR count). The maximum atomic E-state index is 12.3. The van der Waals surface area contributed by atoms with E-state index in [1.165, 1.54) is 5.56 Å². The normalized spacial score (nSPS) is 11.9. The molecule has 0 fully saturated rings. The second kappa shape index (κ2) is 13.4. The third kappa shape index (κ3) is 9.04. The number of carbonyl (C=O) groups is 1. The van der Waals surface area contributed by atoms with E-state index < -0.39 is 0 Å². The Hall–Kier alpha value is -1.80. The molecule has 0 aromatic heterocycles. The fraction of sp³-hybridized carbons (Fsp3) is 0.364. The molecule has 1 atom stereocenters. The van der Waals surface area contributed by atoms with Gasteiger partial charge in [0.1, 0.15) is 0 Å². The maximum Gasteiger partial charge on any atom is 0.251 e. The highest BCUT2D eigenvalue weighted by atomic mass is 127. The van der Waals surface area contributed by atoms with Crippen LogP contribution in [0.15, 0.2) is 53.5 Å². The predicted octanol–water partition coefficient (Wildman–Crippen LogP) is 4.39. The van der Waals surface area contributed by atoms with E-state index in [0.29, 0.717) is 12.1 Å². The van der Waals surface area contributed by atoms with Gasteiger partial charge in [0, 0.05) is 36.8 Å². The van der Waals surface area contributed by atoms with Gasteiger partial charge >= 0.3 is 0 Å². The molecule has 0 radical (unpaired) electrons. The van der Waals surface area contributed by atoms with Gasteiger partial charge in [-0.05, 0) is 55.2 Å². The van der Waals surface area contributed by atoms with Crippen molar-refractivity contribution in [1.82, 2.24) is 16.0 Å². The van der Waals surface area contributed by atoms with Crippen molar-refractivity contribution < 1.29 is 4.79 Å². The monoisotopic (exact) mass is 528 g/mol. The summed E-state index contributed by atoms with van der Waals surface area (Å²) in [5, 5.41) is 10.3. The van der Waals surface area contributed by atoms with Gasteiger partial charge < -0.3 is 16.0 Å². The highest BCUT2D eigenvalue weighted by Gasteiger charge is 2.09. The summed E-state index contributed by atoms with van der Waals surface area (Å²) in [5.41, 5.74) is 2.87. The van der Waals surface area contributed by atoms with Gasteiger partial charge in [0.2, 0.25) is 0 Å². The molecule has 0 aliphatic rings. The van der Waals surface area contributed by atoms with Crippen LogP contribution < -0.4 is 16.0 Å². The van der Waals surface area contributed by atoms with Crippen molar-refractivity contribution >= 4 is 47.4 Å². The first-order chi connectivity index (χ1) is 13.5. The molecule has 1 unspecified atom stereocenters. The highest BCUT2D eigenvalue weighted by molar-refractivity contribution is 14.0. The lowest BCUT2D eigenvalue weighted by Gasteiger charge is -2.14. The number of nitrogens with zero attached hydrogens (tertiary/aromatic N) is 1. The molecule has 29 heavy (non-hydrogen) atoms. The van der Waals surface area contributed by atoms with Crippen LogP contribution in [-0.2, 0) is 13.0 Å². The number of amides is 1. The molecule has 0 bridgehead atoms. The van der Waals surface area contributed by atoms with E-state index in [1.54, 1.807) is 7.05 Å². The Bertz CT molecular complexity index is 813. The van der Waals surface area contributed by atoms with Crippen molar-refractivity contribution in [3.05, 3.63) is 70.2 Å². The summed E-state index contributed by atoms with van der Waals surface area (Å²) in [6.07, 6.45) is 1.76. The van der Waals surface area contributed by atoms with Crippen LogP contribution in [0.1, 0.15) is 41.8 Å². The van der Waals surface area contributed by atoms with Gasteiger partial charge in [-0.3, -0.25) is 9.79 Å². The van der Waals surface area contributed by atoms with Crippen LogP contribution in [0.4, 0.5) is 0 Å². The topological polar surface area (TPSA) is 65.5 Å². The molecule has 5 nitrogen and oxygen atoms in total. The van der Waals surface area contributed by atoms with Gasteiger partial charge in [0.25, 0.3) is 5.91 Å². The Labute approximate surface area is 195 Å². The van der Waals surface area contributed by atoms with Crippen LogP contribution in [0.3, 0.4) is 0 Å². The van der Waals surface area contributed by atoms with Crippen LogP contribution in [0, 0.1) is 0 Å². The molecule has 7 heteroatoms. The fourth-order valence-corrected chi connectivity index (χ4v) is 2.87. The van der Waals surface area contributed by atoms with Crippen molar-refractivity contribution in [1.29, 1.82) is 0 Å². The van der Waals surface area contributed by atoms with Crippen molar-refractivity contribution in [3.63, 3.8) is 0 Å². The number of carbonyl (C=O) groups excluding carboxylic acids is 1. The number of nitrogens with one attached hydrogen (secondary N) is 3. The summed E-state index contributed by atoms with van der Waals surface area (Å²) >= 11 is 6.02. The second-order valence-electron chi connectivity index (χ2n) is 6.72. The maximum absolute atomic E-state index is 12.3. The molecule has 2 aromatic carbocycles. The van der Waals surface area contributed by atoms with E-state index >= 15 is 0 Å². The van der Waals surface area contributed by atoms with Gasteiger partial charge in [-0.15, -0.1) is 24.0 Å². The van der Waals surface area contributed by atoms with Gasteiger partial charge in [-0.25, -0.2) is 0 Å². The standard InChI is InChI=1S/C22H29ClN4O.HI/c1-4-16(2)27-21(28)19-9-5-8-18(13-19)15-26-22(24-3)25-12-11-17-7-6-10-20(23)14-17;/h5-10,13-14,16H,4,11-12,15H2,1-3H3,(H,27,28)(H2,24,25,26);1H. The first kappa shape index (κ1) is 25.2. The molecule has 0 aliphatic heterocycles. The molecule has 2 aromatic rings. The van der Waals surface area contributed by atoms with Crippen LogP contribution in [0.2, 0.25) is 5.02 Å². The first-order valence-corrected chi connectivity index (χ1v) is 9.98. The largest absolute Gasteiger partial charge is 0.356 e. The Kier molecular flexibility index (Phi) is 11.7. The molecular formula is C22H30ClIN4O. The second-order valence-corrected chi connectivity index (χ2v) is 7.15. The van der Waals surface area contributed by atoms with Crippen molar-refractivity contribution in [3.8, 4) is 0 Å². The SMILES string of the molecule is CCC(C)NC(=O)c1cccc(CNC(=NC)NCCc2cccc(Cl)c2)c1.I. The lowest BCUT2D eigenvalue weighted by molar-refractivity contribution is 0.0939. The zero-order valence-corrected chi connectivity index (χ0v) is 20.3. The third-order valence-corrected chi connectivity index (χ3v) is 4.69. The molecular weight excluding hydrogens is 499 g/mol. The number of halogens is 2. The van der Waals surface area contributed by atoms with Gasteiger partial charge in [-0.1, -0.05) is 42.8 Å². The molecule has 1 amide bonds. The summed E-state index contributed by atoms with van der Waals surface area (Å²) in [7, 11) is 1.74. The fourth-order valence-electron chi connectivity index (χ4n) is 2.66. The number of hydrogen-bond donors (Lipinski definition) is 3. The first-order valence-electron chi connectivity index (χ1n) is 9.60. The average molecular weight is 529 g/mol. The summed E-state index contributed by atoms with van der Waals surface area (Å²) in [6.45, 7) is 5.39. The summed E-state index contributed by atoms with van der Waals surface area (Å²) < 4.78 is 0. The number of rotatable bonds is 8. The zero-order chi connectivity index (χ0) is 20.4. The van der Waals surface area contributed by atoms with Crippen LogP contribution in [0.25, 0.3) is 0 Å². The number of aliphatic imine (C=N–C) groups is 1. The molecule has 0 saturated carbocycles. The lowest BCUT2D eigenvalue weighted by Crippen LogP contribution is -2.38. The molecule has 0 aliphatic carbocycles. The highest BCUT2D eigenvalue weighted by Crippen LogP contribution is 2.10. The zero-order valence-electron chi connectivity index (χ0n) is 17.2. The van der Waals surface area contributed by atoms with E-state index in [9.17, 15) is 4.79 Å². The number of hydrogen-bond acceptors (Lipinski definition) is 2. The molecule has 158 valence electrons. The van der Waals surface area contributed by atoms with E-state index in [1.807, 2.05) is 49.4 Å². The van der Waals surface area contributed by atoms with Crippen LogP contribution in [-0.4, -0.2) is 31.5 Å². The minimum absolute atomic E-state index is 0. The van der Waals surface area contributed by atoms with Gasteiger partial charge in [-0.2, -0.15) is 0 Å².